The standard InChI is InChI=1S/C23H20F2/c1-2-3-15-4-9-20-18(12-15)5-6-19-13-16(7-10-21(19)20)17-8-11-22(24)23(25)14-17/h4,7-14H,2-3,5-6H2,1H3. The van der Waals surface area contributed by atoms with Crippen molar-refractivity contribution in [2.45, 2.75) is 32.6 Å². The molecule has 126 valence electrons. The molecule has 3 aromatic carbocycles. The van der Waals surface area contributed by atoms with Gasteiger partial charge in [0.2, 0.25) is 0 Å². The zero-order valence-corrected chi connectivity index (χ0v) is 14.3. The van der Waals surface area contributed by atoms with E-state index in [0.717, 1.165) is 31.2 Å². The van der Waals surface area contributed by atoms with Gasteiger partial charge in [-0.3, -0.25) is 0 Å². The zero-order valence-electron chi connectivity index (χ0n) is 14.3. The minimum atomic E-state index is -0.807. The van der Waals surface area contributed by atoms with Crippen molar-refractivity contribution in [3.63, 3.8) is 0 Å². The molecule has 3 aromatic rings. The van der Waals surface area contributed by atoms with Crippen molar-refractivity contribution in [1.82, 2.24) is 0 Å². The van der Waals surface area contributed by atoms with Crippen molar-refractivity contribution in [2.24, 2.45) is 0 Å². The molecule has 25 heavy (non-hydrogen) atoms. The van der Waals surface area contributed by atoms with Crippen LogP contribution >= 0.6 is 0 Å². The number of hydrogen-bond donors (Lipinski definition) is 0. The SMILES string of the molecule is CCCc1ccc2c(c1)CCc1cc(-c3ccc(F)c(F)c3)ccc1-2. The third-order valence-electron chi connectivity index (χ3n) is 5.02. The van der Waals surface area contributed by atoms with Crippen molar-refractivity contribution in [3.05, 3.63) is 82.9 Å². The van der Waals surface area contributed by atoms with E-state index in [-0.39, 0.29) is 0 Å². The van der Waals surface area contributed by atoms with E-state index in [0.29, 0.717) is 5.56 Å². The lowest BCUT2D eigenvalue weighted by molar-refractivity contribution is 0.509. The molecule has 1 aliphatic rings. The minimum Gasteiger partial charge on any atom is -0.204 e. The fourth-order valence-electron chi connectivity index (χ4n) is 3.75. The third-order valence-corrected chi connectivity index (χ3v) is 5.02. The van der Waals surface area contributed by atoms with Crippen molar-refractivity contribution in [1.29, 1.82) is 0 Å². The van der Waals surface area contributed by atoms with Crippen LogP contribution in [0.5, 0.6) is 0 Å². The van der Waals surface area contributed by atoms with Gasteiger partial charge in [-0.1, -0.05) is 55.8 Å². The van der Waals surface area contributed by atoms with Crippen molar-refractivity contribution < 1.29 is 8.78 Å². The number of benzene rings is 3. The van der Waals surface area contributed by atoms with Gasteiger partial charge in [0.1, 0.15) is 0 Å². The first-order valence-corrected chi connectivity index (χ1v) is 8.86. The molecule has 0 spiro atoms. The second kappa shape index (κ2) is 6.44. The predicted molar refractivity (Wildman–Crippen MR) is 98.6 cm³/mol. The van der Waals surface area contributed by atoms with Crippen LogP contribution in [-0.2, 0) is 19.3 Å². The van der Waals surface area contributed by atoms with Crippen LogP contribution in [0.4, 0.5) is 8.78 Å². The smallest absolute Gasteiger partial charge is 0.159 e. The maximum Gasteiger partial charge on any atom is 0.159 e. The first kappa shape index (κ1) is 16.0. The lowest BCUT2D eigenvalue weighted by Crippen LogP contribution is -2.05. The second-order valence-electron chi connectivity index (χ2n) is 6.74. The molecule has 0 bridgehead atoms. The number of rotatable bonds is 3. The monoisotopic (exact) mass is 334 g/mol. The Morgan fingerprint density at radius 1 is 0.720 bits per heavy atom. The zero-order chi connectivity index (χ0) is 17.4. The maximum atomic E-state index is 13.5. The molecule has 0 atom stereocenters. The summed E-state index contributed by atoms with van der Waals surface area (Å²) in [5.74, 6) is -1.61. The largest absolute Gasteiger partial charge is 0.204 e. The van der Waals surface area contributed by atoms with Gasteiger partial charge in [-0.25, -0.2) is 8.78 Å². The van der Waals surface area contributed by atoms with E-state index in [1.807, 2.05) is 6.07 Å². The summed E-state index contributed by atoms with van der Waals surface area (Å²) in [4.78, 5) is 0. The second-order valence-corrected chi connectivity index (χ2v) is 6.74. The Morgan fingerprint density at radius 3 is 2.08 bits per heavy atom. The molecular formula is C23H20F2. The summed E-state index contributed by atoms with van der Waals surface area (Å²) >= 11 is 0. The highest BCUT2D eigenvalue weighted by Gasteiger charge is 2.17. The van der Waals surface area contributed by atoms with Crippen LogP contribution in [0.1, 0.15) is 30.0 Å². The summed E-state index contributed by atoms with van der Waals surface area (Å²) in [6.45, 7) is 2.20. The lowest BCUT2D eigenvalue weighted by Gasteiger charge is -2.21. The Bertz CT molecular complexity index is 941. The molecule has 1 aliphatic carbocycles. The summed E-state index contributed by atoms with van der Waals surface area (Å²) in [6.07, 6.45) is 4.29. The Kier molecular flexibility index (Phi) is 4.12. The summed E-state index contributed by atoms with van der Waals surface area (Å²) < 4.78 is 26.7. The van der Waals surface area contributed by atoms with Crippen LogP contribution in [0.2, 0.25) is 0 Å². The molecular weight excluding hydrogens is 314 g/mol. The molecule has 0 unspecified atom stereocenters. The quantitative estimate of drug-likeness (QED) is 0.523. The molecule has 0 amide bonds. The molecule has 0 radical (unpaired) electrons. The lowest BCUT2D eigenvalue weighted by atomic mass is 9.83. The summed E-state index contributed by atoms with van der Waals surface area (Å²) in [5.41, 5.74) is 8.31. The molecule has 4 rings (SSSR count). The molecule has 0 nitrogen and oxygen atoms in total. The molecule has 0 aliphatic heterocycles. The van der Waals surface area contributed by atoms with Crippen molar-refractivity contribution in [2.75, 3.05) is 0 Å². The van der Waals surface area contributed by atoms with E-state index in [4.69, 9.17) is 0 Å². The summed E-state index contributed by atoms with van der Waals surface area (Å²) in [6, 6.07) is 17.1. The van der Waals surface area contributed by atoms with Gasteiger partial charge in [0.25, 0.3) is 0 Å². The minimum absolute atomic E-state index is 0.714. The summed E-state index contributed by atoms with van der Waals surface area (Å²) in [7, 11) is 0. The molecule has 0 fully saturated rings. The Morgan fingerprint density at radius 2 is 1.36 bits per heavy atom. The first-order valence-electron chi connectivity index (χ1n) is 8.86. The highest BCUT2D eigenvalue weighted by molar-refractivity contribution is 5.77. The van der Waals surface area contributed by atoms with Crippen molar-refractivity contribution in [3.8, 4) is 22.3 Å². The maximum absolute atomic E-state index is 13.5. The van der Waals surface area contributed by atoms with Crippen LogP contribution in [0.25, 0.3) is 22.3 Å². The fourth-order valence-corrected chi connectivity index (χ4v) is 3.75. The van der Waals surface area contributed by atoms with Gasteiger partial charge in [-0.15, -0.1) is 0 Å². The van der Waals surface area contributed by atoms with Gasteiger partial charge < -0.3 is 0 Å². The van der Waals surface area contributed by atoms with Gasteiger partial charge in [-0.05, 0) is 70.3 Å². The van der Waals surface area contributed by atoms with Gasteiger partial charge in [0.15, 0.2) is 11.6 Å². The van der Waals surface area contributed by atoms with Crippen molar-refractivity contribution >= 4 is 0 Å². The number of halogens is 2. The van der Waals surface area contributed by atoms with Gasteiger partial charge in [0, 0.05) is 0 Å². The molecule has 0 saturated carbocycles. The average molecular weight is 334 g/mol. The van der Waals surface area contributed by atoms with Crippen LogP contribution < -0.4 is 0 Å². The Balaban J connectivity index is 1.73. The Hall–Kier alpha value is -2.48. The molecule has 0 aromatic heterocycles. The molecule has 2 heteroatoms. The van der Waals surface area contributed by atoms with Gasteiger partial charge in [0.05, 0.1) is 0 Å². The topological polar surface area (TPSA) is 0 Å². The highest BCUT2D eigenvalue weighted by Crippen LogP contribution is 2.36. The number of hydrogen-bond acceptors (Lipinski definition) is 0. The van der Waals surface area contributed by atoms with Gasteiger partial charge in [-0.2, -0.15) is 0 Å². The van der Waals surface area contributed by atoms with E-state index in [1.165, 1.54) is 39.9 Å². The van der Waals surface area contributed by atoms with E-state index in [9.17, 15) is 8.78 Å². The first-order chi connectivity index (χ1) is 12.2. The molecule has 0 N–H and O–H groups in total. The van der Waals surface area contributed by atoms with Crippen LogP contribution in [0.15, 0.2) is 54.6 Å². The average Bonchev–Trinajstić information content (AvgIpc) is 2.63. The normalized spacial score (nSPS) is 12.6. The third kappa shape index (κ3) is 2.97. The fraction of sp³-hybridized carbons (Fsp3) is 0.217. The Labute approximate surface area is 147 Å². The number of fused-ring (bicyclic) bond motifs is 3. The summed E-state index contributed by atoms with van der Waals surface area (Å²) in [5, 5.41) is 0. The van der Waals surface area contributed by atoms with E-state index in [1.54, 1.807) is 6.07 Å². The van der Waals surface area contributed by atoms with E-state index in [2.05, 4.69) is 37.3 Å². The molecule has 0 heterocycles. The van der Waals surface area contributed by atoms with E-state index >= 15 is 0 Å². The van der Waals surface area contributed by atoms with Crippen LogP contribution in [-0.4, -0.2) is 0 Å². The van der Waals surface area contributed by atoms with Gasteiger partial charge >= 0.3 is 0 Å². The highest BCUT2D eigenvalue weighted by atomic mass is 19.2. The molecule has 0 saturated heterocycles. The van der Waals surface area contributed by atoms with E-state index < -0.39 is 11.6 Å². The van der Waals surface area contributed by atoms with Crippen LogP contribution in [0.3, 0.4) is 0 Å². The number of aryl methyl sites for hydroxylation is 3. The van der Waals surface area contributed by atoms with Crippen LogP contribution in [0, 0.1) is 11.6 Å². The predicted octanol–water partition coefficient (Wildman–Crippen LogP) is 6.35.